The highest BCUT2D eigenvalue weighted by Crippen LogP contribution is 2.24. The van der Waals surface area contributed by atoms with Gasteiger partial charge in [-0.3, -0.25) is 9.78 Å². The monoisotopic (exact) mass is 328 g/mol. The molecule has 4 nitrogen and oxygen atoms in total. The zero-order valence-corrected chi connectivity index (χ0v) is 13.7. The van der Waals surface area contributed by atoms with E-state index < -0.39 is 0 Å². The van der Waals surface area contributed by atoms with Gasteiger partial charge >= 0.3 is 0 Å². The van der Waals surface area contributed by atoms with Crippen molar-refractivity contribution in [1.29, 1.82) is 0 Å². The second kappa shape index (κ2) is 8.13. The highest BCUT2D eigenvalue weighted by atomic mass is 32.2. The maximum Gasteiger partial charge on any atom is 0.227 e. The van der Waals surface area contributed by atoms with Crippen LogP contribution in [0.15, 0.2) is 53.7 Å². The summed E-state index contributed by atoms with van der Waals surface area (Å²) < 4.78 is 5.29. The maximum atomic E-state index is 12.2. The number of aromatic nitrogens is 1. The number of hydrogen-bond acceptors (Lipinski definition) is 4. The molecule has 1 fully saturated rings. The first-order valence-electron chi connectivity index (χ1n) is 7.81. The molecule has 0 radical (unpaired) electrons. The van der Waals surface area contributed by atoms with E-state index >= 15 is 0 Å². The number of pyridine rings is 1. The van der Waals surface area contributed by atoms with Crippen LogP contribution >= 0.6 is 11.8 Å². The zero-order valence-electron chi connectivity index (χ0n) is 12.9. The number of anilines is 1. The van der Waals surface area contributed by atoms with E-state index in [4.69, 9.17) is 4.74 Å². The third kappa shape index (κ3) is 4.81. The second-order valence-corrected chi connectivity index (χ2v) is 6.60. The fraction of sp³-hybridized carbons (Fsp3) is 0.333. The van der Waals surface area contributed by atoms with Crippen LogP contribution in [0.4, 0.5) is 5.69 Å². The van der Waals surface area contributed by atoms with Gasteiger partial charge in [0.05, 0.1) is 0 Å². The van der Waals surface area contributed by atoms with Gasteiger partial charge in [0.1, 0.15) is 0 Å². The van der Waals surface area contributed by atoms with E-state index in [9.17, 15) is 4.79 Å². The summed E-state index contributed by atoms with van der Waals surface area (Å²) in [6, 6.07) is 12.0. The van der Waals surface area contributed by atoms with E-state index in [0.29, 0.717) is 13.2 Å². The minimum Gasteiger partial charge on any atom is -0.381 e. The highest BCUT2D eigenvalue weighted by Gasteiger charge is 2.21. The van der Waals surface area contributed by atoms with Gasteiger partial charge in [0, 0.05) is 47.9 Å². The Morgan fingerprint density at radius 1 is 1.22 bits per heavy atom. The Hall–Kier alpha value is -1.85. The Kier molecular flexibility index (Phi) is 5.66. The molecule has 0 atom stereocenters. The molecule has 1 aromatic heterocycles. The lowest BCUT2D eigenvalue weighted by Crippen LogP contribution is -2.28. The van der Waals surface area contributed by atoms with Crippen molar-refractivity contribution in [2.24, 2.45) is 5.92 Å². The average molecular weight is 328 g/mol. The normalized spacial score (nSPS) is 15.3. The van der Waals surface area contributed by atoms with Crippen molar-refractivity contribution >= 4 is 23.4 Å². The molecule has 2 aromatic rings. The molecule has 1 saturated heterocycles. The van der Waals surface area contributed by atoms with Crippen molar-refractivity contribution < 1.29 is 9.53 Å². The van der Waals surface area contributed by atoms with Gasteiger partial charge in [0.2, 0.25) is 5.91 Å². The lowest BCUT2D eigenvalue weighted by Gasteiger charge is -2.21. The zero-order chi connectivity index (χ0) is 15.9. The summed E-state index contributed by atoms with van der Waals surface area (Å²) in [5.74, 6) is 1.06. The first-order chi connectivity index (χ1) is 11.3. The molecular weight excluding hydrogens is 308 g/mol. The number of benzene rings is 1. The summed E-state index contributed by atoms with van der Waals surface area (Å²) in [6.45, 7) is 1.37. The van der Waals surface area contributed by atoms with Crippen LogP contribution in [0.1, 0.15) is 18.4 Å². The van der Waals surface area contributed by atoms with Crippen LogP contribution in [-0.2, 0) is 15.3 Å². The minimum absolute atomic E-state index is 0.0726. The molecule has 1 aliphatic heterocycles. The van der Waals surface area contributed by atoms with Crippen molar-refractivity contribution in [3.05, 3.63) is 54.4 Å². The van der Waals surface area contributed by atoms with Crippen LogP contribution in [-0.4, -0.2) is 24.1 Å². The smallest absolute Gasteiger partial charge is 0.227 e. The molecule has 3 rings (SSSR count). The van der Waals surface area contributed by atoms with E-state index in [0.717, 1.165) is 24.3 Å². The molecule has 1 amide bonds. The van der Waals surface area contributed by atoms with Crippen LogP contribution < -0.4 is 5.32 Å². The van der Waals surface area contributed by atoms with E-state index in [1.54, 1.807) is 18.0 Å². The summed E-state index contributed by atoms with van der Waals surface area (Å²) in [5.41, 5.74) is 2.06. The van der Waals surface area contributed by atoms with Gasteiger partial charge in [0.25, 0.3) is 0 Å². The first-order valence-corrected chi connectivity index (χ1v) is 8.80. The Balaban J connectivity index is 1.51. The molecule has 120 valence electrons. The molecule has 1 N–H and O–H groups in total. The molecule has 0 spiro atoms. The predicted octanol–water partition coefficient (Wildman–Crippen LogP) is 3.74. The van der Waals surface area contributed by atoms with Crippen LogP contribution in [0, 0.1) is 5.92 Å². The van der Waals surface area contributed by atoms with Crippen molar-refractivity contribution in [2.75, 3.05) is 18.5 Å². The number of carbonyl (C=O) groups excluding carboxylic acids is 1. The summed E-state index contributed by atoms with van der Waals surface area (Å²) in [7, 11) is 0. The quantitative estimate of drug-likeness (QED) is 0.850. The van der Waals surface area contributed by atoms with Gasteiger partial charge < -0.3 is 10.1 Å². The molecule has 2 heterocycles. The number of nitrogens with zero attached hydrogens (tertiary/aromatic N) is 1. The van der Waals surface area contributed by atoms with Crippen molar-refractivity contribution in [1.82, 2.24) is 4.98 Å². The number of nitrogens with one attached hydrogen (secondary N) is 1. The fourth-order valence-electron chi connectivity index (χ4n) is 2.49. The number of carbonyl (C=O) groups is 1. The Morgan fingerprint density at radius 2 is 2.00 bits per heavy atom. The van der Waals surface area contributed by atoms with Crippen molar-refractivity contribution in [3.63, 3.8) is 0 Å². The molecule has 0 aliphatic carbocycles. The summed E-state index contributed by atoms with van der Waals surface area (Å²) in [5, 5.41) is 3.00. The molecule has 0 saturated carbocycles. The third-order valence-electron chi connectivity index (χ3n) is 3.84. The highest BCUT2D eigenvalue weighted by molar-refractivity contribution is 7.98. The van der Waals surface area contributed by atoms with E-state index in [2.05, 4.69) is 16.4 Å². The molecular formula is C18H20N2O2S. The van der Waals surface area contributed by atoms with E-state index in [-0.39, 0.29) is 11.8 Å². The molecule has 23 heavy (non-hydrogen) atoms. The van der Waals surface area contributed by atoms with Crippen LogP contribution in [0.5, 0.6) is 0 Å². The predicted molar refractivity (Wildman–Crippen MR) is 92.4 cm³/mol. The van der Waals surface area contributed by atoms with Gasteiger partial charge in [-0.25, -0.2) is 0 Å². The molecule has 5 heteroatoms. The van der Waals surface area contributed by atoms with E-state index in [1.807, 2.05) is 36.5 Å². The van der Waals surface area contributed by atoms with Gasteiger partial charge in [0.15, 0.2) is 0 Å². The van der Waals surface area contributed by atoms with Crippen molar-refractivity contribution in [3.8, 4) is 0 Å². The molecule has 1 aliphatic rings. The largest absolute Gasteiger partial charge is 0.381 e. The van der Waals surface area contributed by atoms with Crippen LogP contribution in [0.2, 0.25) is 0 Å². The Bertz CT molecular complexity index is 625. The molecule has 0 unspecified atom stereocenters. The second-order valence-electron chi connectivity index (χ2n) is 5.55. The van der Waals surface area contributed by atoms with Gasteiger partial charge in [-0.1, -0.05) is 6.07 Å². The fourth-order valence-corrected chi connectivity index (χ4v) is 3.32. The number of ether oxygens (including phenoxy) is 1. The Morgan fingerprint density at radius 3 is 2.70 bits per heavy atom. The van der Waals surface area contributed by atoms with E-state index in [1.165, 1.54) is 10.5 Å². The van der Waals surface area contributed by atoms with Gasteiger partial charge in [-0.05, 0) is 48.7 Å². The standard InChI is InChI=1S/C18H20N2O2S/c21-18(15-7-10-22-11-8-15)20-16-3-5-17(6-4-16)23-13-14-2-1-9-19-12-14/h1-6,9,12,15H,7-8,10-11,13H2,(H,20,21). The third-order valence-corrected chi connectivity index (χ3v) is 4.93. The number of amides is 1. The molecule has 1 aromatic carbocycles. The van der Waals surface area contributed by atoms with Crippen molar-refractivity contribution in [2.45, 2.75) is 23.5 Å². The van der Waals surface area contributed by atoms with Gasteiger partial charge in [-0.15, -0.1) is 11.8 Å². The minimum atomic E-state index is 0.0726. The summed E-state index contributed by atoms with van der Waals surface area (Å²) in [4.78, 5) is 17.5. The summed E-state index contributed by atoms with van der Waals surface area (Å²) >= 11 is 1.76. The first kappa shape index (κ1) is 16.0. The van der Waals surface area contributed by atoms with Crippen LogP contribution in [0.25, 0.3) is 0 Å². The topological polar surface area (TPSA) is 51.2 Å². The average Bonchev–Trinajstić information content (AvgIpc) is 2.63. The van der Waals surface area contributed by atoms with Gasteiger partial charge in [-0.2, -0.15) is 0 Å². The SMILES string of the molecule is O=C(Nc1ccc(SCc2cccnc2)cc1)C1CCOCC1. The lowest BCUT2D eigenvalue weighted by molar-refractivity contribution is -0.122. The maximum absolute atomic E-state index is 12.2. The van der Waals surface area contributed by atoms with Crippen LogP contribution in [0.3, 0.4) is 0 Å². The lowest BCUT2D eigenvalue weighted by atomic mass is 9.99. The number of rotatable bonds is 5. The number of hydrogen-bond donors (Lipinski definition) is 1. The number of thioether (sulfide) groups is 1. The summed E-state index contributed by atoms with van der Waals surface area (Å²) in [6.07, 6.45) is 5.29. The Labute approximate surface area is 140 Å². The molecule has 0 bridgehead atoms.